The maximum Gasteiger partial charge on any atom is 0.224 e. The molecular formula is C9H6ClFN4S. The van der Waals surface area contributed by atoms with Crippen LogP contribution in [0.2, 0.25) is 5.02 Å². The second-order valence-corrected chi connectivity index (χ2v) is 3.71. The number of nitrogens with two attached hydrogens (primary N) is 1. The van der Waals surface area contributed by atoms with Gasteiger partial charge in [0, 0.05) is 5.56 Å². The number of halogens is 2. The summed E-state index contributed by atoms with van der Waals surface area (Å²) in [5.41, 5.74) is 5.87. The first-order chi connectivity index (χ1) is 7.58. The largest absolute Gasteiger partial charge is 0.369 e. The van der Waals surface area contributed by atoms with Crippen molar-refractivity contribution in [3.63, 3.8) is 0 Å². The minimum Gasteiger partial charge on any atom is -0.369 e. The molecule has 0 atom stereocenters. The number of rotatable bonds is 1. The van der Waals surface area contributed by atoms with E-state index >= 15 is 0 Å². The third-order valence-electron chi connectivity index (χ3n) is 1.88. The summed E-state index contributed by atoms with van der Waals surface area (Å²) in [5, 5.41) is -0.0359. The van der Waals surface area contributed by atoms with Gasteiger partial charge in [-0.15, -0.1) is 0 Å². The number of anilines is 1. The Bertz CT molecular complexity index is 598. The fourth-order valence-corrected chi connectivity index (χ4v) is 1.62. The second kappa shape index (κ2) is 4.15. The number of hydrogen-bond donors (Lipinski definition) is 2. The highest BCUT2D eigenvalue weighted by Crippen LogP contribution is 2.27. The fraction of sp³-hybridized carbons (Fsp3) is 0. The van der Waals surface area contributed by atoms with Crippen molar-refractivity contribution in [3.8, 4) is 11.4 Å². The lowest BCUT2D eigenvalue weighted by molar-refractivity contribution is 0.628. The number of nitrogen functional groups attached to an aromatic ring is 1. The third-order valence-corrected chi connectivity index (χ3v) is 2.44. The summed E-state index contributed by atoms with van der Waals surface area (Å²) in [7, 11) is 0. The maximum absolute atomic E-state index is 13.2. The minimum absolute atomic E-state index is 0.0359. The lowest BCUT2D eigenvalue weighted by Gasteiger charge is -2.04. The molecule has 0 unspecified atom stereocenters. The summed E-state index contributed by atoms with van der Waals surface area (Å²) in [5.74, 6) is -0.131. The Morgan fingerprint density at radius 1 is 1.38 bits per heavy atom. The molecule has 7 heteroatoms. The van der Waals surface area contributed by atoms with Gasteiger partial charge in [-0.1, -0.05) is 17.7 Å². The molecule has 0 saturated heterocycles. The van der Waals surface area contributed by atoms with Gasteiger partial charge in [-0.3, -0.25) is 0 Å². The number of nitrogens with one attached hydrogen (secondary N) is 1. The highest BCUT2D eigenvalue weighted by Gasteiger charge is 2.10. The van der Waals surface area contributed by atoms with E-state index in [1.807, 2.05) is 0 Å². The highest BCUT2D eigenvalue weighted by atomic mass is 35.5. The Balaban J connectivity index is 2.67. The number of nitrogens with zero attached hydrogens (tertiary/aromatic N) is 2. The minimum atomic E-state index is -0.532. The SMILES string of the molecule is Nc1nc(=S)nc(-c2cccc(F)c2Cl)[nH]1. The molecule has 16 heavy (non-hydrogen) atoms. The molecule has 4 nitrogen and oxygen atoms in total. The lowest BCUT2D eigenvalue weighted by Crippen LogP contribution is -2.00. The van der Waals surface area contributed by atoms with Gasteiger partial charge in [0.25, 0.3) is 0 Å². The van der Waals surface area contributed by atoms with Crippen LogP contribution in [-0.4, -0.2) is 15.0 Å². The van der Waals surface area contributed by atoms with E-state index in [0.29, 0.717) is 11.4 Å². The number of hydrogen-bond acceptors (Lipinski definition) is 4. The third kappa shape index (κ3) is 2.02. The normalized spacial score (nSPS) is 10.4. The van der Waals surface area contributed by atoms with Crippen molar-refractivity contribution in [1.29, 1.82) is 0 Å². The lowest BCUT2D eigenvalue weighted by atomic mass is 10.2. The monoisotopic (exact) mass is 256 g/mol. The number of aromatic nitrogens is 3. The van der Waals surface area contributed by atoms with Crippen LogP contribution in [0.3, 0.4) is 0 Å². The van der Waals surface area contributed by atoms with Crippen LogP contribution < -0.4 is 5.73 Å². The molecule has 0 aliphatic heterocycles. The fourth-order valence-electron chi connectivity index (χ4n) is 1.22. The summed E-state index contributed by atoms with van der Waals surface area (Å²) in [6.07, 6.45) is 0. The molecule has 0 saturated carbocycles. The van der Waals surface area contributed by atoms with Crippen molar-refractivity contribution in [2.24, 2.45) is 0 Å². The summed E-state index contributed by atoms with van der Waals surface area (Å²) < 4.78 is 13.3. The molecule has 1 aromatic carbocycles. The summed E-state index contributed by atoms with van der Waals surface area (Å²) in [6, 6.07) is 4.38. The van der Waals surface area contributed by atoms with E-state index in [0.717, 1.165) is 0 Å². The molecule has 1 heterocycles. The highest BCUT2D eigenvalue weighted by molar-refractivity contribution is 7.71. The number of benzene rings is 1. The zero-order valence-corrected chi connectivity index (χ0v) is 9.44. The number of H-pyrrole nitrogens is 1. The first kappa shape index (κ1) is 11.0. The molecule has 2 aromatic rings. The van der Waals surface area contributed by atoms with Crippen molar-refractivity contribution in [2.45, 2.75) is 0 Å². The van der Waals surface area contributed by atoms with Gasteiger partial charge in [0.15, 0.2) is 0 Å². The predicted molar refractivity (Wildman–Crippen MR) is 62.0 cm³/mol. The van der Waals surface area contributed by atoms with Gasteiger partial charge >= 0.3 is 0 Å². The van der Waals surface area contributed by atoms with Crippen LogP contribution >= 0.6 is 23.8 Å². The molecule has 3 N–H and O–H groups in total. The zero-order valence-electron chi connectivity index (χ0n) is 7.87. The van der Waals surface area contributed by atoms with Crippen LogP contribution in [0.15, 0.2) is 18.2 Å². The Hall–Kier alpha value is -1.53. The summed E-state index contributed by atoms with van der Waals surface area (Å²) >= 11 is 10.6. The van der Waals surface area contributed by atoms with E-state index in [9.17, 15) is 4.39 Å². The van der Waals surface area contributed by atoms with Crippen molar-refractivity contribution in [1.82, 2.24) is 15.0 Å². The molecule has 0 aliphatic carbocycles. The van der Waals surface area contributed by atoms with Gasteiger partial charge in [0.05, 0.1) is 5.02 Å². The Morgan fingerprint density at radius 2 is 2.12 bits per heavy atom. The first-order valence-corrected chi connectivity index (χ1v) is 5.05. The van der Waals surface area contributed by atoms with Gasteiger partial charge in [-0.25, -0.2) is 9.37 Å². The van der Waals surface area contributed by atoms with Crippen molar-refractivity contribution < 1.29 is 4.39 Å². The first-order valence-electron chi connectivity index (χ1n) is 4.26. The molecule has 82 valence electrons. The van der Waals surface area contributed by atoms with Crippen LogP contribution in [0.4, 0.5) is 10.3 Å². The van der Waals surface area contributed by atoms with E-state index in [-0.39, 0.29) is 15.7 Å². The Morgan fingerprint density at radius 3 is 2.81 bits per heavy atom. The van der Waals surface area contributed by atoms with Crippen molar-refractivity contribution >= 4 is 29.8 Å². The summed E-state index contributed by atoms with van der Waals surface area (Å²) in [4.78, 5) is 10.3. The van der Waals surface area contributed by atoms with Crippen LogP contribution in [0.5, 0.6) is 0 Å². The molecule has 0 aliphatic rings. The van der Waals surface area contributed by atoms with E-state index in [1.54, 1.807) is 6.07 Å². The van der Waals surface area contributed by atoms with E-state index < -0.39 is 5.82 Å². The van der Waals surface area contributed by atoms with Gasteiger partial charge in [-0.05, 0) is 24.4 Å². The molecular weight excluding hydrogens is 251 g/mol. The van der Waals surface area contributed by atoms with Gasteiger partial charge in [0.2, 0.25) is 10.7 Å². The van der Waals surface area contributed by atoms with Gasteiger partial charge in [0.1, 0.15) is 11.6 Å². The zero-order chi connectivity index (χ0) is 11.7. The average molecular weight is 257 g/mol. The smallest absolute Gasteiger partial charge is 0.224 e. The topological polar surface area (TPSA) is 67.6 Å². The molecule has 0 radical (unpaired) electrons. The molecule has 0 spiro atoms. The van der Waals surface area contributed by atoms with Gasteiger partial charge < -0.3 is 10.7 Å². The van der Waals surface area contributed by atoms with Crippen LogP contribution in [0, 0.1) is 10.6 Å². The van der Waals surface area contributed by atoms with Crippen LogP contribution in [0.25, 0.3) is 11.4 Å². The molecule has 0 amide bonds. The standard InChI is InChI=1S/C9H6ClFN4S/c10-6-4(2-1-3-5(6)11)7-13-8(12)15-9(16)14-7/h1-3H,(H3,12,13,14,15,16). The quantitative estimate of drug-likeness (QED) is 0.770. The van der Waals surface area contributed by atoms with Crippen LogP contribution in [0.1, 0.15) is 0 Å². The van der Waals surface area contributed by atoms with E-state index in [2.05, 4.69) is 15.0 Å². The Kier molecular flexibility index (Phi) is 2.84. The van der Waals surface area contributed by atoms with E-state index in [1.165, 1.54) is 12.1 Å². The molecule has 1 aromatic heterocycles. The predicted octanol–water partition coefficient (Wildman–Crippen LogP) is 2.58. The molecule has 0 fully saturated rings. The summed E-state index contributed by atoms with van der Waals surface area (Å²) in [6.45, 7) is 0. The molecule has 0 bridgehead atoms. The van der Waals surface area contributed by atoms with E-state index in [4.69, 9.17) is 29.6 Å². The second-order valence-electron chi connectivity index (χ2n) is 2.97. The molecule has 2 rings (SSSR count). The van der Waals surface area contributed by atoms with Crippen LogP contribution in [-0.2, 0) is 0 Å². The average Bonchev–Trinajstić information content (AvgIpc) is 2.20. The Labute approximate surface area is 100 Å². The van der Waals surface area contributed by atoms with Crippen molar-refractivity contribution in [2.75, 3.05) is 5.73 Å². The van der Waals surface area contributed by atoms with Gasteiger partial charge in [-0.2, -0.15) is 4.98 Å². The maximum atomic E-state index is 13.2. The van der Waals surface area contributed by atoms with Crippen molar-refractivity contribution in [3.05, 3.63) is 33.8 Å². The number of aromatic amines is 1.